The fourth-order valence-corrected chi connectivity index (χ4v) is 2.74. The van der Waals surface area contributed by atoms with E-state index in [-0.39, 0.29) is 6.73 Å². The number of hydrogen-bond acceptors (Lipinski definition) is 5. The highest BCUT2D eigenvalue weighted by atomic mass is 16.3. The van der Waals surface area contributed by atoms with Crippen LogP contribution in [0.25, 0.3) is 11.5 Å². The van der Waals surface area contributed by atoms with E-state index in [4.69, 9.17) is 0 Å². The average Bonchev–Trinajstić information content (AvgIpc) is 3.29. The number of hydrogen-bond donors (Lipinski definition) is 1. The van der Waals surface area contributed by atoms with Gasteiger partial charge in [0.25, 0.3) is 0 Å². The van der Waals surface area contributed by atoms with E-state index in [0.717, 1.165) is 28.5 Å². The Kier molecular flexibility index (Phi) is 4.76. The maximum atomic E-state index is 9.74. The third-order valence-electron chi connectivity index (χ3n) is 3.90. The summed E-state index contributed by atoms with van der Waals surface area (Å²) in [4.78, 5) is 6.50. The molecule has 2 aromatic rings. The van der Waals surface area contributed by atoms with E-state index in [1.54, 1.807) is 6.33 Å². The van der Waals surface area contributed by atoms with Crippen LogP contribution in [0.5, 0.6) is 0 Å². The van der Waals surface area contributed by atoms with Crippen molar-refractivity contribution in [2.75, 3.05) is 18.2 Å². The smallest absolute Gasteiger partial charge is 0.182 e. The second kappa shape index (κ2) is 6.97. The van der Waals surface area contributed by atoms with Gasteiger partial charge in [-0.05, 0) is 38.8 Å². The van der Waals surface area contributed by atoms with Crippen LogP contribution in [-0.2, 0) is 0 Å². The molecule has 6 heteroatoms. The molecule has 0 spiro atoms. The van der Waals surface area contributed by atoms with E-state index in [2.05, 4.69) is 26.3 Å². The molecule has 0 aliphatic heterocycles. The molecule has 1 saturated carbocycles. The average molecular weight is 325 g/mol. The Bertz CT molecular complexity index is 760. The van der Waals surface area contributed by atoms with Gasteiger partial charge in [0.15, 0.2) is 5.82 Å². The monoisotopic (exact) mass is 325 g/mol. The molecule has 0 bridgehead atoms. The van der Waals surface area contributed by atoms with Crippen LogP contribution in [0, 0.1) is 0 Å². The molecule has 1 aliphatic carbocycles. The van der Waals surface area contributed by atoms with Crippen LogP contribution in [0.2, 0.25) is 0 Å². The molecular weight excluding hydrogens is 302 g/mol. The zero-order chi connectivity index (χ0) is 17.1. The Morgan fingerprint density at radius 1 is 1.42 bits per heavy atom. The van der Waals surface area contributed by atoms with E-state index < -0.39 is 0 Å². The molecule has 126 valence electrons. The van der Waals surface area contributed by atoms with Crippen LogP contribution < -0.4 is 4.90 Å². The summed E-state index contributed by atoms with van der Waals surface area (Å²) >= 11 is 0. The minimum atomic E-state index is -0.104. The minimum Gasteiger partial charge on any atom is -0.376 e. The highest BCUT2D eigenvalue weighted by Gasteiger charge is 2.27. The standard InChI is InChI=1S/C18H23N5O/c1-13(2)9-14(3)10-22(12-24)17-6-4-5-16(20-17)18-21-19-11-23(18)15-7-8-15/h4-6,9,11,15,24H,1,7-8,10,12H2,2-3H3/b14-9+. The Morgan fingerprint density at radius 3 is 2.88 bits per heavy atom. The van der Waals surface area contributed by atoms with Gasteiger partial charge in [-0.3, -0.25) is 0 Å². The molecule has 1 N–H and O–H groups in total. The zero-order valence-corrected chi connectivity index (χ0v) is 14.2. The lowest BCUT2D eigenvalue weighted by Crippen LogP contribution is -2.27. The van der Waals surface area contributed by atoms with E-state index in [0.29, 0.717) is 12.6 Å². The van der Waals surface area contributed by atoms with Crippen molar-refractivity contribution in [1.82, 2.24) is 19.7 Å². The number of pyridine rings is 1. The van der Waals surface area contributed by atoms with Crippen LogP contribution in [0.3, 0.4) is 0 Å². The molecule has 0 atom stereocenters. The summed E-state index contributed by atoms with van der Waals surface area (Å²) < 4.78 is 2.08. The molecule has 2 aromatic heterocycles. The highest BCUT2D eigenvalue weighted by Crippen LogP contribution is 2.37. The van der Waals surface area contributed by atoms with Crippen molar-refractivity contribution in [3.63, 3.8) is 0 Å². The maximum Gasteiger partial charge on any atom is 0.182 e. The van der Waals surface area contributed by atoms with Gasteiger partial charge in [-0.2, -0.15) is 0 Å². The van der Waals surface area contributed by atoms with Crippen molar-refractivity contribution in [3.8, 4) is 11.5 Å². The summed E-state index contributed by atoms with van der Waals surface area (Å²) in [6, 6.07) is 6.25. The topological polar surface area (TPSA) is 67.1 Å². The first-order chi connectivity index (χ1) is 11.6. The second-order valence-electron chi connectivity index (χ2n) is 6.35. The van der Waals surface area contributed by atoms with Crippen molar-refractivity contribution >= 4 is 5.82 Å². The number of aromatic nitrogens is 4. The Morgan fingerprint density at radius 2 is 2.21 bits per heavy atom. The molecule has 0 aromatic carbocycles. The number of rotatable bonds is 7. The number of allylic oxidation sites excluding steroid dienone is 2. The lowest BCUT2D eigenvalue weighted by atomic mass is 10.2. The van der Waals surface area contributed by atoms with Crippen molar-refractivity contribution < 1.29 is 5.11 Å². The largest absolute Gasteiger partial charge is 0.376 e. The predicted molar refractivity (Wildman–Crippen MR) is 94.5 cm³/mol. The third-order valence-corrected chi connectivity index (χ3v) is 3.90. The maximum absolute atomic E-state index is 9.74. The fraction of sp³-hybridized carbons (Fsp3) is 0.389. The summed E-state index contributed by atoms with van der Waals surface area (Å²) in [7, 11) is 0. The molecule has 0 radical (unpaired) electrons. The van der Waals surface area contributed by atoms with Gasteiger partial charge in [0.05, 0.1) is 0 Å². The first-order valence-electron chi connectivity index (χ1n) is 8.14. The van der Waals surface area contributed by atoms with E-state index in [9.17, 15) is 5.11 Å². The van der Waals surface area contributed by atoms with Crippen LogP contribution >= 0.6 is 0 Å². The highest BCUT2D eigenvalue weighted by molar-refractivity contribution is 5.54. The molecular formula is C18H23N5O. The molecule has 24 heavy (non-hydrogen) atoms. The van der Waals surface area contributed by atoms with Gasteiger partial charge in [0.1, 0.15) is 24.6 Å². The van der Waals surface area contributed by atoms with E-state index in [1.807, 2.05) is 43.0 Å². The molecule has 1 fully saturated rings. The van der Waals surface area contributed by atoms with Crippen molar-refractivity contribution in [1.29, 1.82) is 0 Å². The van der Waals surface area contributed by atoms with Crippen molar-refractivity contribution in [2.24, 2.45) is 0 Å². The third kappa shape index (κ3) is 3.71. The molecule has 6 nitrogen and oxygen atoms in total. The van der Waals surface area contributed by atoms with Gasteiger partial charge >= 0.3 is 0 Å². The lowest BCUT2D eigenvalue weighted by molar-refractivity contribution is 0.293. The summed E-state index contributed by atoms with van der Waals surface area (Å²) in [5.74, 6) is 1.50. The van der Waals surface area contributed by atoms with Crippen molar-refractivity contribution in [3.05, 3.63) is 48.3 Å². The molecule has 1 aliphatic rings. The van der Waals surface area contributed by atoms with E-state index >= 15 is 0 Å². The van der Waals surface area contributed by atoms with Gasteiger partial charge in [0.2, 0.25) is 0 Å². The normalized spacial score (nSPS) is 14.7. The number of nitrogens with zero attached hydrogens (tertiary/aromatic N) is 5. The quantitative estimate of drug-likeness (QED) is 0.626. The van der Waals surface area contributed by atoms with Gasteiger partial charge in [-0.25, -0.2) is 4.98 Å². The van der Waals surface area contributed by atoms with Crippen LogP contribution in [0.1, 0.15) is 32.7 Å². The Labute approximate surface area is 142 Å². The van der Waals surface area contributed by atoms with Gasteiger partial charge in [-0.15, -0.1) is 10.2 Å². The first-order valence-corrected chi connectivity index (χ1v) is 8.14. The molecule has 0 unspecified atom stereocenters. The predicted octanol–water partition coefficient (Wildman–Crippen LogP) is 2.95. The van der Waals surface area contributed by atoms with Crippen LogP contribution in [0.15, 0.2) is 48.3 Å². The first kappa shape index (κ1) is 16.4. The molecule has 3 rings (SSSR count). The summed E-state index contributed by atoms with van der Waals surface area (Å²) in [5.41, 5.74) is 2.88. The second-order valence-corrected chi connectivity index (χ2v) is 6.35. The fourth-order valence-electron chi connectivity index (χ4n) is 2.74. The molecule has 2 heterocycles. The van der Waals surface area contributed by atoms with E-state index in [1.165, 1.54) is 12.8 Å². The SMILES string of the molecule is C=C(C)/C=C(\C)CN(CO)c1cccc(-c2nncn2C2CC2)n1. The number of anilines is 1. The van der Waals surface area contributed by atoms with Gasteiger partial charge < -0.3 is 14.6 Å². The Balaban J connectivity index is 1.85. The zero-order valence-electron chi connectivity index (χ0n) is 14.2. The number of aliphatic hydroxyl groups is 1. The van der Waals surface area contributed by atoms with Crippen molar-refractivity contribution in [2.45, 2.75) is 32.7 Å². The van der Waals surface area contributed by atoms with Gasteiger partial charge in [-0.1, -0.05) is 29.9 Å². The van der Waals surface area contributed by atoms with Crippen LogP contribution in [-0.4, -0.2) is 38.1 Å². The van der Waals surface area contributed by atoms with Gasteiger partial charge in [0, 0.05) is 12.6 Å². The Hall–Kier alpha value is -2.47. The summed E-state index contributed by atoms with van der Waals surface area (Å²) in [6.45, 7) is 8.35. The number of aliphatic hydroxyl groups excluding tert-OH is 1. The van der Waals surface area contributed by atoms with Crippen LogP contribution in [0.4, 0.5) is 5.82 Å². The summed E-state index contributed by atoms with van der Waals surface area (Å²) in [5, 5.41) is 18.0. The summed E-state index contributed by atoms with van der Waals surface area (Å²) in [6.07, 6.45) is 6.11. The molecule has 0 saturated heterocycles. The lowest BCUT2D eigenvalue weighted by Gasteiger charge is -2.22. The minimum absolute atomic E-state index is 0.104. The molecule has 0 amide bonds.